The third kappa shape index (κ3) is 4.31. The van der Waals surface area contributed by atoms with E-state index in [4.69, 9.17) is 14.9 Å². The lowest BCUT2D eigenvalue weighted by Crippen LogP contribution is -2.00. The fraction of sp³-hybridized carbons (Fsp3) is 0.316. The third-order valence-corrected chi connectivity index (χ3v) is 3.70. The van der Waals surface area contributed by atoms with Crippen LogP contribution in [0.5, 0.6) is 17.2 Å². The van der Waals surface area contributed by atoms with Gasteiger partial charge in [-0.15, -0.1) is 0 Å². The highest BCUT2D eigenvalue weighted by atomic mass is 19.1. The zero-order chi connectivity index (χ0) is 16.8. The van der Waals surface area contributed by atoms with Crippen molar-refractivity contribution in [2.24, 2.45) is 0 Å². The molecule has 0 amide bonds. The molecule has 2 rings (SSSR count). The van der Waals surface area contributed by atoms with Crippen molar-refractivity contribution in [1.29, 1.82) is 5.41 Å². The molecular weight excluding hydrogens is 293 g/mol. The minimum atomic E-state index is -0.437. The summed E-state index contributed by atoms with van der Waals surface area (Å²) in [4.78, 5) is 0. The van der Waals surface area contributed by atoms with E-state index < -0.39 is 5.82 Å². The van der Waals surface area contributed by atoms with Gasteiger partial charge in [0.2, 0.25) is 0 Å². The number of halogens is 1. The molecule has 0 aliphatic heterocycles. The van der Waals surface area contributed by atoms with Crippen molar-refractivity contribution in [2.45, 2.75) is 33.1 Å². The van der Waals surface area contributed by atoms with Crippen LogP contribution >= 0.6 is 0 Å². The second-order valence-corrected chi connectivity index (χ2v) is 5.34. The summed E-state index contributed by atoms with van der Waals surface area (Å²) < 4.78 is 25.2. The molecule has 0 aliphatic carbocycles. The zero-order valence-electron chi connectivity index (χ0n) is 13.8. The number of hydrogen-bond donors (Lipinski definition) is 1. The molecule has 0 unspecified atom stereocenters. The normalized spacial score (nSPS) is 10.4. The van der Waals surface area contributed by atoms with Crippen molar-refractivity contribution < 1.29 is 13.9 Å². The van der Waals surface area contributed by atoms with Crippen molar-refractivity contribution in [1.82, 2.24) is 0 Å². The molecule has 122 valence electrons. The second-order valence-electron chi connectivity index (χ2n) is 5.34. The third-order valence-electron chi connectivity index (χ3n) is 3.70. The van der Waals surface area contributed by atoms with Crippen molar-refractivity contribution in [2.75, 3.05) is 7.11 Å². The molecule has 1 N–H and O–H groups in total. The highest BCUT2D eigenvalue weighted by molar-refractivity contribution is 5.83. The Kier molecular flexibility index (Phi) is 5.74. The number of rotatable bonds is 7. The van der Waals surface area contributed by atoms with Crippen LogP contribution in [0.15, 0.2) is 36.4 Å². The van der Waals surface area contributed by atoms with Gasteiger partial charge in [0, 0.05) is 12.1 Å². The Morgan fingerprint density at radius 1 is 1.00 bits per heavy atom. The quantitative estimate of drug-likeness (QED) is 0.717. The molecule has 0 aliphatic rings. The maximum atomic E-state index is 14.2. The lowest BCUT2D eigenvalue weighted by Gasteiger charge is -2.13. The molecule has 0 fully saturated rings. The fourth-order valence-electron chi connectivity index (χ4n) is 2.24. The van der Waals surface area contributed by atoms with Crippen LogP contribution in [0.4, 0.5) is 4.39 Å². The van der Waals surface area contributed by atoms with E-state index in [-0.39, 0.29) is 5.75 Å². The van der Waals surface area contributed by atoms with Crippen molar-refractivity contribution in [3.05, 3.63) is 53.3 Å². The Bertz CT molecular complexity index is 698. The number of hydrogen-bond acceptors (Lipinski definition) is 3. The molecule has 23 heavy (non-hydrogen) atoms. The number of ether oxygens (including phenoxy) is 2. The molecule has 0 saturated heterocycles. The van der Waals surface area contributed by atoms with Crippen LogP contribution in [0, 0.1) is 11.2 Å². The smallest absolute Gasteiger partial charge is 0.169 e. The predicted octanol–water partition coefficient (Wildman–Crippen LogP) is 5.16. The standard InChI is InChI=1S/C19H22FNO2/c1-4-13-6-9-18(19(12-13)22-3)23-17-8-7-14(11-16(17)20)10-15(21)5-2/h6-9,11-12,21H,4-5,10H2,1-3H3. The van der Waals surface area contributed by atoms with E-state index in [0.29, 0.717) is 30.1 Å². The average Bonchev–Trinajstić information content (AvgIpc) is 2.57. The first kappa shape index (κ1) is 17.0. The van der Waals surface area contributed by atoms with Gasteiger partial charge in [-0.05, 0) is 48.2 Å². The fourth-order valence-corrected chi connectivity index (χ4v) is 2.24. The minimum Gasteiger partial charge on any atom is -0.493 e. The molecule has 0 bridgehead atoms. The van der Waals surface area contributed by atoms with Gasteiger partial charge in [-0.3, -0.25) is 0 Å². The summed E-state index contributed by atoms with van der Waals surface area (Å²) in [5.41, 5.74) is 2.48. The maximum Gasteiger partial charge on any atom is 0.169 e. The van der Waals surface area contributed by atoms with Gasteiger partial charge in [0.25, 0.3) is 0 Å². The van der Waals surface area contributed by atoms with Crippen LogP contribution in [-0.2, 0) is 12.8 Å². The Hall–Kier alpha value is -2.36. The van der Waals surface area contributed by atoms with Gasteiger partial charge in [0.15, 0.2) is 23.1 Å². The second kappa shape index (κ2) is 7.77. The lowest BCUT2D eigenvalue weighted by molar-refractivity contribution is 0.370. The van der Waals surface area contributed by atoms with E-state index in [1.807, 2.05) is 19.1 Å². The Morgan fingerprint density at radius 3 is 2.30 bits per heavy atom. The van der Waals surface area contributed by atoms with E-state index >= 15 is 0 Å². The van der Waals surface area contributed by atoms with Crippen molar-refractivity contribution in [3.8, 4) is 17.2 Å². The van der Waals surface area contributed by atoms with E-state index in [1.165, 1.54) is 6.07 Å². The van der Waals surface area contributed by atoms with Gasteiger partial charge in [-0.2, -0.15) is 0 Å². The van der Waals surface area contributed by atoms with E-state index in [0.717, 1.165) is 17.5 Å². The van der Waals surface area contributed by atoms with Gasteiger partial charge >= 0.3 is 0 Å². The summed E-state index contributed by atoms with van der Waals surface area (Å²) in [5, 5.41) is 7.70. The molecule has 0 heterocycles. The summed E-state index contributed by atoms with van der Waals surface area (Å²) in [6.45, 7) is 3.98. The summed E-state index contributed by atoms with van der Waals surface area (Å²) in [6, 6.07) is 10.4. The molecule has 0 atom stereocenters. The molecule has 0 aromatic heterocycles. The SMILES string of the molecule is CCC(=N)Cc1ccc(Oc2ccc(CC)cc2OC)c(F)c1. The summed E-state index contributed by atoms with van der Waals surface area (Å²) >= 11 is 0. The molecule has 3 nitrogen and oxygen atoms in total. The average molecular weight is 315 g/mol. The van der Waals surface area contributed by atoms with Crippen LogP contribution in [0.25, 0.3) is 0 Å². The first-order valence-corrected chi connectivity index (χ1v) is 7.76. The molecule has 2 aromatic rings. The first-order chi connectivity index (χ1) is 11.1. The number of methoxy groups -OCH3 is 1. The zero-order valence-corrected chi connectivity index (χ0v) is 13.8. The van der Waals surface area contributed by atoms with Gasteiger partial charge in [-0.1, -0.05) is 26.0 Å². The summed E-state index contributed by atoms with van der Waals surface area (Å²) in [6.07, 6.45) is 2.02. The Morgan fingerprint density at radius 2 is 1.70 bits per heavy atom. The topological polar surface area (TPSA) is 42.3 Å². The Balaban J connectivity index is 2.22. The molecular formula is C19H22FNO2. The van der Waals surface area contributed by atoms with E-state index in [2.05, 4.69) is 6.92 Å². The Labute approximate surface area is 136 Å². The lowest BCUT2D eigenvalue weighted by atomic mass is 10.1. The van der Waals surface area contributed by atoms with Gasteiger partial charge < -0.3 is 14.9 Å². The van der Waals surface area contributed by atoms with Crippen LogP contribution in [-0.4, -0.2) is 12.8 Å². The molecule has 0 saturated carbocycles. The highest BCUT2D eigenvalue weighted by Gasteiger charge is 2.11. The van der Waals surface area contributed by atoms with Gasteiger partial charge in [0.05, 0.1) is 7.11 Å². The van der Waals surface area contributed by atoms with Crippen LogP contribution < -0.4 is 9.47 Å². The minimum absolute atomic E-state index is 0.152. The van der Waals surface area contributed by atoms with Crippen LogP contribution in [0.1, 0.15) is 31.4 Å². The number of nitrogens with one attached hydrogen (secondary N) is 1. The molecule has 0 spiro atoms. The molecule has 2 aromatic carbocycles. The van der Waals surface area contributed by atoms with E-state index in [9.17, 15) is 4.39 Å². The maximum absolute atomic E-state index is 14.2. The summed E-state index contributed by atoms with van der Waals surface area (Å²) in [5.74, 6) is 0.783. The van der Waals surface area contributed by atoms with Crippen molar-refractivity contribution in [3.63, 3.8) is 0 Å². The van der Waals surface area contributed by atoms with Gasteiger partial charge in [0.1, 0.15) is 0 Å². The largest absolute Gasteiger partial charge is 0.493 e. The summed E-state index contributed by atoms with van der Waals surface area (Å²) in [7, 11) is 1.57. The van der Waals surface area contributed by atoms with Crippen LogP contribution in [0.3, 0.4) is 0 Å². The first-order valence-electron chi connectivity index (χ1n) is 7.76. The van der Waals surface area contributed by atoms with Gasteiger partial charge in [-0.25, -0.2) is 4.39 Å². The molecule has 4 heteroatoms. The van der Waals surface area contributed by atoms with Crippen LogP contribution in [0.2, 0.25) is 0 Å². The number of benzene rings is 2. The van der Waals surface area contributed by atoms with Crippen molar-refractivity contribution >= 4 is 5.71 Å². The highest BCUT2D eigenvalue weighted by Crippen LogP contribution is 2.33. The predicted molar refractivity (Wildman–Crippen MR) is 90.6 cm³/mol. The van der Waals surface area contributed by atoms with E-state index in [1.54, 1.807) is 25.3 Å². The number of aryl methyl sites for hydroxylation is 1. The monoisotopic (exact) mass is 315 g/mol. The molecule has 0 radical (unpaired) electrons.